The van der Waals surface area contributed by atoms with Crippen LogP contribution in [-0.2, 0) is 6.42 Å². The molecule has 0 aliphatic heterocycles. The monoisotopic (exact) mass is 386 g/mol. The fourth-order valence-electron chi connectivity index (χ4n) is 3.34. The molecule has 2 rings (SSSR count). The van der Waals surface area contributed by atoms with E-state index in [1.807, 2.05) is 6.07 Å². The Hall–Kier alpha value is -2.69. The standard InChI is InChI=1S/C23H30O5/c24-18-15-14-17(16-22(18)28)10-7-5-3-1-2-4-6-8-11-19(25)23-20(26)12-9-13-21(23)27/h9,12-16,24,26-28H,1-8,10-11H2. The van der Waals surface area contributed by atoms with Gasteiger partial charge < -0.3 is 20.4 Å². The third kappa shape index (κ3) is 6.80. The second-order valence-electron chi connectivity index (χ2n) is 7.25. The van der Waals surface area contributed by atoms with E-state index in [0.717, 1.165) is 63.4 Å². The average molecular weight is 386 g/mol. The van der Waals surface area contributed by atoms with E-state index in [2.05, 4.69) is 0 Å². The summed E-state index contributed by atoms with van der Waals surface area (Å²) < 4.78 is 0. The second-order valence-corrected chi connectivity index (χ2v) is 7.25. The molecular weight excluding hydrogens is 356 g/mol. The van der Waals surface area contributed by atoms with Gasteiger partial charge in [-0.05, 0) is 49.1 Å². The minimum atomic E-state index is -0.212. The van der Waals surface area contributed by atoms with E-state index < -0.39 is 0 Å². The summed E-state index contributed by atoms with van der Waals surface area (Å²) in [5.41, 5.74) is 1.07. The topological polar surface area (TPSA) is 98.0 Å². The predicted octanol–water partition coefficient (Wildman–Crippen LogP) is 5.45. The van der Waals surface area contributed by atoms with Crippen LogP contribution in [-0.4, -0.2) is 26.2 Å². The van der Waals surface area contributed by atoms with Gasteiger partial charge >= 0.3 is 0 Å². The lowest BCUT2D eigenvalue weighted by Crippen LogP contribution is -2.00. The van der Waals surface area contributed by atoms with Gasteiger partial charge in [0.1, 0.15) is 17.1 Å². The lowest BCUT2D eigenvalue weighted by molar-refractivity contribution is 0.0973. The molecule has 0 bridgehead atoms. The Morgan fingerprint density at radius 1 is 0.643 bits per heavy atom. The number of ketones is 1. The fraction of sp³-hybridized carbons (Fsp3) is 0.435. The van der Waals surface area contributed by atoms with Crippen molar-refractivity contribution in [3.63, 3.8) is 0 Å². The predicted molar refractivity (Wildman–Crippen MR) is 109 cm³/mol. The van der Waals surface area contributed by atoms with E-state index in [-0.39, 0.29) is 34.3 Å². The molecule has 0 aliphatic rings. The smallest absolute Gasteiger partial charge is 0.170 e. The van der Waals surface area contributed by atoms with Crippen LogP contribution in [0.15, 0.2) is 36.4 Å². The highest BCUT2D eigenvalue weighted by atomic mass is 16.3. The highest BCUT2D eigenvalue weighted by Gasteiger charge is 2.15. The number of aryl methyl sites for hydroxylation is 1. The molecular formula is C23H30O5. The van der Waals surface area contributed by atoms with Crippen LogP contribution in [0, 0.1) is 0 Å². The Morgan fingerprint density at radius 2 is 1.21 bits per heavy atom. The molecule has 0 atom stereocenters. The number of unbranched alkanes of at least 4 members (excludes halogenated alkanes) is 7. The van der Waals surface area contributed by atoms with Crippen LogP contribution in [0.3, 0.4) is 0 Å². The number of rotatable bonds is 12. The Morgan fingerprint density at radius 3 is 1.82 bits per heavy atom. The molecule has 4 N–H and O–H groups in total. The molecule has 0 aromatic heterocycles. The molecule has 0 heterocycles. The molecule has 0 aliphatic carbocycles. The first-order valence-electron chi connectivity index (χ1n) is 10.0. The summed E-state index contributed by atoms with van der Waals surface area (Å²) in [6.07, 6.45) is 9.69. The zero-order valence-corrected chi connectivity index (χ0v) is 16.2. The van der Waals surface area contributed by atoms with Crippen LogP contribution in [0.1, 0.15) is 73.7 Å². The highest BCUT2D eigenvalue weighted by molar-refractivity contribution is 6.01. The lowest BCUT2D eigenvalue weighted by Gasteiger charge is -2.06. The van der Waals surface area contributed by atoms with Gasteiger partial charge in [0.05, 0.1) is 0 Å². The molecule has 0 amide bonds. The molecule has 0 saturated carbocycles. The first-order valence-corrected chi connectivity index (χ1v) is 10.0. The van der Waals surface area contributed by atoms with E-state index in [1.54, 1.807) is 6.07 Å². The molecule has 5 nitrogen and oxygen atoms in total. The van der Waals surface area contributed by atoms with Gasteiger partial charge in [-0.25, -0.2) is 0 Å². The Labute approximate surface area is 166 Å². The third-order valence-electron chi connectivity index (χ3n) is 4.96. The number of Topliss-reactive ketones (excluding diaryl/α,β-unsaturated/α-hetero) is 1. The van der Waals surface area contributed by atoms with Gasteiger partial charge in [0.25, 0.3) is 0 Å². The number of phenols is 4. The van der Waals surface area contributed by atoms with Crippen molar-refractivity contribution in [2.24, 2.45) is 0 Å². The Bertz CT molecular complexity index is 749. The van der Waals surface area contributed by atoms with E-state index in [1.165, 1.54) is 24.3 Å². The minimum absolute atomic E-state index is 0.0319. The van der Waals surface area contributed by atoms with Crippen molar-refractivity contribution in [2.75, 3.05) is 0 Å². The van der Waals surface area contributed by atoms with E-state index in [4.69, 9.17) is 0 Å². The van der Waals surface area contributed by atoms with Crippen molar-refractivity contribution >= 4 is 5.78 Å². The van der Waals surface area contributed by atoms with Gasteiger partial charge in [-0.15, -0.1) is 0 Å². The Balaban J connectivity index is 1.49. The van der Waals surface area contributed by atoms with E-state index in [9.17, 15) is 25.2 Å². The molecule has 0 radical (unpaired) electrons. The van der Waals surface area contributed by atoms with Crippen molar-refractivity contribution in [1.82, 2.24) is 0 Å². The maximum Gasteiger partial charge on any atom is 0.170 e. The van der Waals surface area contributed by atoms with Gasteiger partial charge in [-0.2, -0.15) is 0 Å². The fourth-order valence-corrected chi connectivity index (χ4v) is 3.34. The maximum atomic E-state index is 12.1. The summed E-state index contributed by atoms with van der Waals surface area (Å²) >= 11 is 0. The largest absolute Gasteiger partial charge is 0.507 e. The van der Waals surface area contributed by atoms with Crippen molar-refractivity contribution in [3.8, 4) is 23.0 Å². The zero-order valence-electron chi connectivity index (χ0n) is 16.2. The zero-order chi connectivity index (χ0) is 20.4. The summed E-state index contributed by atoms with van der Waals surface area (Å²) in [7, 11) is 0. The van der Waals surface area contributed by atoms with Crippen molar-refractivity contribution in [1.29, 1.82) is 0 Å². The molecule has 0 fully saturated rings. The summed E-state index contributed by atoms with van der Waals surface area (Å²) in [5.74, 6) is -0.674. The lowest BCUT2D eigenvalue weighted by atomic mass is 10.0. The van der Waals surface area contributed by atoms with Crippen LogP contribution in [0.4, 0.5) is 0 Å². The number of hydrogen-bond acceptors (Lipinski definition) is 5. The summed E-state index contributed by atoms with van der Waals surface area (Å²) in [6, 6.07) is 9.32. The normalized spacial score (nSPS) is 10.9. The van der Waals surface area contributed by atoms with E-state index in [0.29, 0.717) is 6.42 Å². The Kier molecular flexibility index (Phi) is 8.66. The van der Waals surface area contributed by atoms with Gasteiger partial charge in [-0.1, -0.05) is 50.7 Å². The number of hydrogen-bond donors (Lipinski definition) is 4. The molecule has 0 unspecified atom stereocenters. The van der Waals surface area contributed by atoms with Gasteiger partial charge in [-0.3, -0.25) is 4.79 Å². The first-order chi connectivity index (χ1) is 13.5. The molecule has 0 spiro atoms. The number of benzene rings is 2. The average Bonchev–Trinajstić information content (AvgIpc) is 2.66. The molecule has 5 heteroatoms. The van der Waals surface area contributed by atoms with Crippen LogP contribution in [0.2, 0.25) is 0 Å². The molecule has 28 heavy (non-hydrogen) atoms. The summed E-state index contributed by atoms with van der Waals surface area (Å²) in [5, 5.41) is 38.2. The quantitative estimate of drug-likeness (QED) is 0.221. The van der Waals surface area contributed by atoms with Crippen LogP contribution >= 0.6 is 0 Å². The number of carbonyl (C=O) groups is 1. The van der Waals surface area contributed by atoms with Crippen molar-refractivity contribution in [3.05, 3.63) is 47.5 Å². The van der Waals surface area contributed by atoms with Gasteiger partial charge in [0.2, 0.25) is 0 Å². The molecule has 0 saturated heterocycles. The molecule has 2 aromatic rings. The maximum absolute atomic E-state index is 12.1. The number of carbonyl (C=O) groups excluding carboxylic acids is 1. The molecule has 152 valence electrons. The van der Waals surface area contributed by atoms with Gasteiger partial charge in [0, 0.05) is 6.42 Å². The van der Waals surface area contributed by atoms with Crippen molar-refractivity contribution in [2.45, 2.75) is 64.2 Å². The summed E-state index contributed by atoms with van der Waals surface area (Å²) in [6.45, 7) is 0. The summed E-state index contributed by atoms with van der Waals surface area (Å²) in [4.78, 5) is 12.1. The van der Waals surface area contributed by atoms with Crippen LogP contribution < -0.4 is 0 Å². The minimum Gasteiger partial charge on any atom is -0.507 e. The number of aromatic hydroxyl groups is 4. The van der Waals surface area contributed by atoms with Gasteiger partial charge in [0.15, 0.2) is 17.3 Å². The first kappa shape index (κ1) is 21.6. The SMILES string of the molecule is O=C(CCCCCCCCCCc1ccc(O)c(O)c1)c1c(O)cccc1O. The highest BCUT2D eigenvalue weighted by Crippen LogP contribution is 2.28. The second kappa shape index (κ2) is 11.2. The number of phenolic OH excluding ortho intramolecular Hbond substituents is 4. The third-order valence-corrected chi connectivity index (χ3v) is 4.96. The molecule has 2 aromatic carbocycles. The van der Waals surface area contributed by atoms with Crippen molar-refractivity contribution < 1.29 is 25.2 Å². The van der Waals surface area contributed by atoms with Crippen LogP contribution in [0.5, 0.6) is 23.0 Å². The van der Waals surface area contributed by atoms with E-state index >= 15 is 0 Å². The van der Waals surface area contributed by atoms with Crippen LogP contribution in [0.25, 0.3) is 0 Å².